The minimum atomic E-state index is 0.0139. The van der Waals surface area contributed by atoms with Crippen LogP contribution in [0.3, 0.4) is 0 Å². The van der Waals surface area contributed by atoms with Gasteiger partial charge in [0.05, 0.1) is 0 Å². The number of guanidine groups is 1. The average Bonchev–Trinajstić information content (AvgIpc) is 3.22. The fourth-order valence-corrected chi connectivity index (χ4v) is 3.61. The predicted molar refractivity (Wildman–Crippen MR) is 102 cm³/mol. The molecule has 0 atom stereocenters. The lowest BCUT2D eigenvalue weighted by molar-refractivity contribution is -0.127. The van der Waals surface area contributed by atoms with Crippen molar-refractivity contribution in [2.24, 2.45) is 4.99 Å². The fourth-order valence-electron chi connectivity index (χ4n) is 2.76. The van der Waals surface area contributed by atoms with Gasteiger partial charge < -0.3 is 15.5 Å². The Morgan fingerprint density at radius 1 is 1.38 bits per heavy atom. The van der Waals surface area contributed by atoms with Gasteiger partial charge in [0.15, 0.2) is 5.96 Å². The number of thiophene rings is 1. The molecule has 0 unspecified atom stereocenters. The lowest BCUT2D eigenvalue weighted by atomic mass is 9.91. The highest BCUT2D eigenvalue weighted by molar-refractivity contribution is 7.10. The molecule has 2 N–H and O–H groups in total. The first-order chi connectivity index (χ1) is 11.4. The molecule has 1 amide bonds. The molecule has 1 aliphatic rings. The zero-order valence-electron chi connectivity index (χ0n) is 15.3. The molecule has 0 aliphatic heterocycles. The first-order valence-corrected chi connectivity index (χ1v) is 9.55. The van der Waals surface area contributed by atoms with Crippen LogP contribution in [0.2, 0.25) is 0 Å². The van der Waals surface area contributed by atoms with E-state index in [2.05, 4.69) is 47.0 Å². The van der Waals surface area contributed by atoms with Crippen LogP contribution in [0.15, 0.2) is 22.5 Å². The fraction of sp³-hybridized carbons (Fsp3) is 0.667. The minimum Gasteiger partial charge on any atom is -0.355 e. The van der Waals surface area contributed by atoms with Gasteiger partial charge in [-0.1, -0.05) is 32.8 Å². The SMILES string of the molecule is CN(C)C(=O)CN=C(NCC(C)(C)c1cccs1)NC1CCCC1. The Kier molecular flexibility index (Phi) is 6.66. The van der Waals surface area contributed by atoms with Crippen LogP contribution in [0.5, 0.6) is 0 Å². The normalized spacial score (nSPS) is 16.2. The summed E-state index contributed by atoms with van der Waals surface area (Å²) < 4.78 is 0. The molecule has 6 heteroatoms. The van der Waals surface area contributed by atoms with Gasteiger partial charge >= 0.3 is 0 Å². The third kappa shape index (κ3) is 5.51. The maximum atomic E-state index is 11.8. The monoisotopic (exact) mass is 350 g/mol. The Morgan fingerprint density at radius 2 is 2.08 bits per heavy atom. The lowest BCUT2D eigenvalue weighted by Gasteiger charge is -2.26. The van der Waals surface area contributed by atoms with Crippen LogP contribution in [0.1, 0.15) is 44.4 Å². The van der Waals surface area contributed by atoms with Crippen LogP contribution in [0.25, 0.3) is 0 Å². The largest absolute Gasteiger partial charge is 0.355 e. The maximum Gasteiger partial charge on any atom is 0.243 e. The molecule has 1 fully saturated rings. The summed E-state index contributed by atoms with van der Waals surface area (Å²) in [5.74, 6) is 0.766. The Hall–Kier alpha value is -1.56. The third-order valence-corrected chi connectivity index (χ3v) is 5.69. The van der Waals surface area contributed by atoms with Gasteiger partial charge in [-0.2, -0.15) is 0 Å². The van der Waals surface area contributed by atoms with Gasteiger partial charge in [-0.25, -0.2) is 4.99 Å². The number of hydrogen-bond acceptors (Lipinski definition) is 3. The number of carbonyl (C=O) groups excluding carboxylic acids is 1. The second kappa shape index (κ2) is 8.51. The van der Waals surface area contributed by atoms with Crippen LogP contribution in [-0.4, -0.2) is 50.0 Å². The number of likely N-dealkylation sites (N-methyl/N-ethyl adjacent to an activating group) is 1. The van der Waals surface area contributed by atoms with Gasteiger partial charge in [-0.15, -0.1) is 11.3 Å². The summed E-state index contributed by atoms with van der Waals surface area (Å²) in [6, 6.07) is 4.72. The molecule has 0 saturated heterocycles. The quantitative estimate of drug-likeness (QED) is 0.612. The van der Waals surface area contributed by atoms with E-state index in [0.717, 1.165) is 12.5 Å². The summed E-state index contributed by atoms with van der Waals surface area (Å²) in [4.78, 5) is 19.3. The molecule has 0 aromatic carbocycles. The van der Waals surface area contributed by atoms with E-state index in [4.69, 9.17) is 0 Å². The Balaban J connectivity index is 1.98. The van der Waals surface area contributed by atoms with Crippen molar-refractivity contribution < 1.29 is 4.79 Å². The van der Waals surface area contributed by atoms with Crippen molar-refractivity contribution in [1.29, 1.82) is 0 Å². The van der Waals surface area contributed by atoms with Crippen LogP contribution < -0.4 is 10.6 Å². The molecule has 5 nitrogen and oxygen atoms in total. The van der Waals surface area contributed by atoms with E-state index in [0.29, 0.717) is 6.04 Å². The lowest BCUT2D eigenvalue weighted by Crippen LogP contribution is -2.46. The van der Waals surface area contributed by atoms with E-state index in [1.54, 1.807) is 30.3 Å². The molecule has 1 aromatic heterocycles. The molecule has 134 valence electrons. The Labute approximate surface area is 149 Å². The van der Waals surface area contributed by atoms with E-state index in [-0.39, 0.29) is 17.9 Å². The molecule has 2 rings (SSSR count). The van der Waals surface area contributed by atoms with Crippen LogP contribution in [0, 0.1) is 0 Å². The van der Waals surface area contributed by atoms with E-state index < -0.39 is 0 Å². The molecular weight excluding hydrogens is 320 g/mol. The Bertz CT molecular complexity index is 545. The van der Waals surface area contributed by atoms with Crippen molar-refractivity contribution in [2.75, 3.05) is 27.2 Å². The second-order valence-electron chi connectivity index (χ2n) is 7.29. The smallest absolute Gasteiger partial charge is 0.243 e. The highest BCUT2D eigenvalue weighted by atomic mass is 32.1. The van der Waals surface area contributed by atoms with Crippen molar-refractivity contribution in [3.8, 4) is 0 Å². The van der Waals surface area contributed by atoms with E-state index in [1.165, 1.54) is 30.6 Å². The summed E-state index contributed by atoms with van der Waals surface area (Å²) in [5, 5.41) is 9.05. The highest BCUT2D eigenvalue weighted by Crippen LogP contribution is 2.26. The first kappa shape index (κ1) is 18.8. The minimum absolute atomic E-state index is 0.0139. The summed E-state index contributed by atoms with van der Waals surface area (Å²) in [6.45, 7) is 5.41. The van der Waals surface area contributed by atoms with E-state index in [9.17, 15) is 4.79 Å². The van der Waals surface area contributed by atoms with Crippen molar-refractivity contribution in [3.05, 3.63) is 22.4 Å². The summed E-state index contributed by atoms with van der Waals surface area (Å²) in [6.07, 6.45) is 4.89. The molecule has 24 heavy (non-hydrogen) atoms. The van der Waals surface area contributed by atoms with Crippen LogP contribution >= 0.6 is 11.3 Å². The van der Waals surface area contributed by atoms with Crippen LogP contribution in [-0.2, 0) is 10.2 Å². The average molecular weight is 351 g/mol. The Morgan fingerprint density at radius 3 is 2.67 bits per heavy atom. The van der Waals surface area contributed by atoms with Gasteiger partial charge in [-0.3, -0.25) is 4.79 Å². The summed E-state index contributed by atoms with van der Waals surface area (Å²) >= 11 is 1.78. The number of nitrogens with one attached hydrogen (secondary N) is 2. The number of rotatable bonds is 6. The zero-order chi connectivity index (χ0) is 17.6. The number of aliphatic imine (C=N–C) groups is 1. The molecule has 0 spiro atoms. The van der Waals surface area contributed by atoms with Gasteiger partial charge in [0.2, 0.25) is 5.91 Å². The summed E-state index contributed by atoms with van der Waals surface area (Å²) in [7, 11) is 3.52. The molecule has 1 aromatic rings. The summed E-state index contributed by atoms with van der Waals surface area (Å²) in [5.41, 5.74) is 0.0256. The van der Waals surface area contributed by atoms with Gasteiger partial charge in [0.25, 0.3) is 0 Å². The number of hydrogen-bond donors (Lipinski definition) is 2. The molecular formula is C18H30N4OS. The van der Waals surface area contributed by atoms with Crippen LogP contribution in [0.4, 0.5) is 0 Å². The number of carbonyl (C=O) groups is 1. The topological polar surface area (TPSA) is 56.7 Å². The molecule has 1 aliphatic carbocycles. The van der Waals surface area contributed by atoms with Gasteiger partial charge in [-0.05, 0) is 24.3 Å². The molecule has 1 saturated carbocycles. The van der Waals surface area contributed by atoms with Gasteiger partial charge in [0.1, 0.15) is 6.54 Å². The van der Waals surface area contributed by atoms with E-state index in [1.807, 2.05) is 0 Å². The third-order valence-electron chi connectivity index (χ3n) is 4.45. The molecule has 0 bridgehead atoms. The standard InChI is InChI=1S/C18H30N4OS/c1-18(2,15-10-7-11-24-15)13-20-17(19-12-16(23)22(3)4)21-14-8-5-6-9-14/h7,10-11,14H,5-6,8-9,12-13H2,1-4H3,(H2,19,20,21). The second-order valence-corrected chi connectivity index (χ2v) is 8.24. The van der Waals surface area contributed by atoms with Crippen molar-refractivity contribution in [1.82, 2.24) is 15.5 Å². The number of nitrogens with zero attached hydrogens (tertiary/aromatic N) is 2. The predicted octanol–water partition coefficient (Wildman–Crippen LogP) is 2.59. The molecule has 0 radical (unpaired) electrons. The zero-order valence-corrected chi connectivity index (χ0v) is 16.1. The maximum absolute atomic E-state index is 11.8. The number of amides is 1. The van der Waals surface area contributed by atoms with Crippen molar-refractivity contribution in [3.63, 3.8) is 0 Å². The first-order valence-electron chi connectivity index (χ1n) is 8.67. The van der Waals surface area contributed by atoms with E-state index >= 15 is 0 Å². The van der Waals surface area contributed by atoms with Gasteiger partial charge in [0, 0.05) is 37.0 Å². The highest BCUT2D eigenvalue weighted by Gasteiger charge is 2.23. The van der Waals surface area contributed by atoms with Crippen molar-refractivity contribution >= 4 is 23.2 Å². The molecule has 1 heterocycles. The van der Waals surface area contributed by atoms with Crippen molar-refractivity contribution in [2.45, 2.75) is 51.0 Å².